The van der Waals surface area contributed by atoms with Gasteiger partial charge in [0.15, 0.2) is 69.9 Å². The van der Waals surface area contributed by atoms with Gasteiger partial charge in [-0.2, -0.15) is 5.26 Å². The molecule has 7 heterocycles. The number of para-hydroxylation sites is 3. The Kier molecular flexibility index (Phi) is 16.8. The standard InChI is InChI=1S/C49H29N7O.C48H28N6O2/c50-30-31-27-36(29-37(28-31)48-53-44(32-15-5-1-6-16-32)51-45(54-48)33-17-7-2-8-18-33)38-23-13-24-39-42-40(25-14-26-41(42)57-43(38)39)49-55-46(34-19-9-3-10-20-34)52-47(56-49)35-21-11-4-12-22-35;1-4-15-29(16-5-1)43-49-44(30-17-6-2-7-18-30)53-48(52-43)36-25-12-22-33-41-35(24-14-28-39(41)56-42(33)36)47-51-45(31-19-8-3-9-20-31)50-46(54-47)34-23-13-27-38-40(34)32-21-10-11-26-37(32)55-38/h1-29H;1-28H. The van der Waals surface area contributed by atoms with Gasteiger partial charge in [0, 0.05) is 99.1 Å². The van der Waals surface area contributed by atoms with E-state index in [1.165, 1.54) is 0 Å². The van der Waals surface area contributed by atoms with Crippen molar-refractivity contribution in [1.29, 1.82) is 5.26 Å². The summed E-state index contributed by atoms with van der Waals surface area (Å²) in [7, 11) is 0. The number of nitrogens with zero attached hydrogens (tertiary/aromatic N) is 13. The van der Waals surface area contributed by atoms with Crippen LogP contribution < -0.4 is 0 Å². The van der Waals surface area contributed by atoms with E-state index in [2.05, 4.69) is 18.2 Å². The van der Waals surface area contributed by atoms with Crippen molar-refractivity contribution in [3.05, 3.63) is 351 Å². The maximum Gasteiger partial charge on any atom is 0.167 e. The minimum absolute atomic E-state index is 0.457. The fourth-order valence-electron chi connectivity index (χ4n) is 14.5. The Balaban J connectivity index is 0.000000147. The van der Waals surface area contributed by atoms with Crippen LogP contribution in [0.1, 0.15) is 5.56 Å². The maximum absolute atomic E-state index is 10.3. The summed E-state index contributed by atoms with van der Waals surface area (Å²) in [6, 6.07) is 116. The molecule has 16 nitrogen and oxygen atoms in total. The third-order valence-electron chi connectivity index (χ3n) is 19.8. The fourth-order valence-corrected chi connectivity index (χ4v) is 14.5. The zero-order chi connectivity index (χ0) is 75.1. The summed E-state index contributed by atoms with van der Waals surface area (Å²) in [6.45, 7) is 0. The van der Waals surface area contributed by atoms with Gasteiger partial charge in [-0.1, -0.05) is 297 Å². The van der Waals surface area contributed by atoms with Crippen molar-refractivity contribution >= 4 is 65.8 Å². The molecule has 21 rings (SSSR count). The zero-order valence-electron chi connectivity index (χ0n) is 59.9. The highest BCUT2D eigenvalue weighted by atomic mass is 16.3. The van der Waals surface area contributed by atoms with Crippen molar-refractivity contribution < 1.29 is 13.3 Å². The Hall–Kier alpha value is -16.0. The molecule has 14 aromatic carbocycles. The van der Waals surface area contributed by atoms with Gasteiger partial charge in [-0.05, 0) is 54.1 Å². The SMILES string of the molecule is N#Cc1cc(-c2nc(-c3ccccc3)nc(-c3ccccc3)n2)cc(-c2cccc3c2oc2cccc(-c4nc(-c5ccccc5)nc(-c5ccccc5)n4)c23)c1.c1ccc(-c2nc(-c3ccccc3)nc(-c3cccc4c3oc3cccc(-c5nc(-c6ccccc6)nc(-c6cccc7oc8ccccc8c67)n5)c34)n2)cc1. The number of fused-ring (bicyclic) bond motifs is 9. The Morgan fingerprint density at radius 1 is 0.186 bits per heavy atom. The lowest BCUT2D eigenvalue weighted by atomic mass is 9.97. The Morgan fingerprint density at radius 3 is 0.805 bits per heavy atom. The zero-order valence-corrected chi connectivity index (χ0v) is 59.9. The maximum atomic E-state index is 10.3. The molecule has 0 aliphatic heterocycles. The second kappa shape index (κ2) is 28.6. The summed E-state index contributed by atoms with van der Waals surface area (Å²) >= 11 is 0. The number of rotatable bonds is 13. The summed E-state index contributed by atoms with van der Waals surface area (Å²) in [4.78, 5) is 60.0. The first-order valence-electron chi connectivity index (χ1n) is 36.7. The Bertz CT molecular complexity index is 7070. The monoisotopic (exact) mass is 1450 g/mol. The van der Waals surface area contributed by atoms with Crippen LogP contribution in [0.15, 0.2) is 359 Å². The number of hydrogen-bond acceptors (Lipinski definition) is 16. The number of aromatic nitrogens is 12. The van der Waals surface area contributed by atoms with E-state index in [1.54, 1.807) is 0 Å². The van der Waals surface area contributed by atoms with Gasteiger partial charge in [0.1, 0.15) is 33.5 Å². The average molecular weight is 1450 g/mol. The van der Waals surface area contributed by atoms with Crippen molar-refractivity contribution in [2.75, 3.05) is 0 Å². The summed E-state index contributed by atoms with van der Waals surface area (Å²) in [5.41, 5.74) is 16.5. The second-order valence-corrected chi connectivity index (χ2v) is 26.9. The quantitative estimate of drug-likeness (QED) is 0.105. The van der Waals surface area contributed by atoms with Crippen LogP contribution in [0.25, 0.3) is 214 Å². The third-order valence-corrected chi connectivity index (χ3v) is 19.8. The molecular formula is C97H57N13O3. The summed E-state index contributed by atoms with van der Waals surface area (Å²) in [5, 5.41) is 15.8. The minimum atomic E-state index is 0.457. The van der Waals surface area contributed by atoms with Crippen LogP contribution >= 0.6 is 0 Å². The molecule has 21 aromatic rings. The molecule has 0 aliphatic rings. The molecule has 113 heavy (non-hydrogen) atoms. The van der Waals surface area contributed by atoms with Crippen molar-refractivity contribution in [2.24, 2.45) is 0 Å². The second-order valence-electron chi connectivity index (χ2n) is 26.9. The summed E-state index contributed by atoms with van der Waals surface area (Å²) in [6.07, 6.45) is 0. The van der Waals surface area contributed by atoms with Gasteiger partial charge in [-0.25, -0.2) is 59.8 Å². The van der Waals surface area contributed by atoms with Gasteiger partial charge in [0.05, 0.1) is 17.2 Å². The van der Waals surface area contributed by atoms with Crippen LogP contribution in [-0.2, 0) is 0 Å². The molecule has 0 aliphatic carbocycles. The highest BCUT2D eigenvalue weighted by molar-refractivity contribution is 6.17. The van der Waals surface area contributed by atoms with Crippen LogP contribution in [0.3, 0.4) is 0 Å². The van der Waals surface area contributed by atoms with Crippen LogP contribution in [-0.4, -0.2) is 59.8 Å². The topological polar surface area (TPSA) is 218 Å². The molecule has 0 bridgehead atoms. The van der Waals surface area contributed by atoms with E-state index in [0.717, 1.165) is 116 Å². The third kappa shape index (κ3) is 12.6. The normalized spacial score (nSPS) is 11.4. The molecule has 7 aromatic heterocycles. The highest BCUT2D eigenvalue weighted by Gasteiger charge is 2.26. The lowest BCUT2D eigenvalue weighted by molar-refractivity contribution is 0.669. The molecule has 0 saturated heterocycles. The van der Waals surface area contributed by atoms with E-state index in [4.69, 9.17) is 73.1 Å². The molecule has 0 spiro atoms. The number of benzene rings is 14. The van der Waals surface area contributed by atoms with E-state index >= 15 is 0 Å². The molecule has 0 fully saturated rings. The molecule has 0 unspecified atom stereocenters. The minimum Gasteiger partial charge on any atom is -0.456 e. The van der Waals surface area contributed by atoms with Crippen molar-refractivity contribution in [1.82, 2.24) is 59.8 Å². The van der Waals surface area contributed by atoms with Crippen LogP contribution in [0.2, 0.25) is 0 Å². The number of hydrogen-bond donors (Lipinski definition) is 0. The van der Waals surface area contributed by atoms with E-state index in [0.29, 0.717) is 103 Å². The fraction of sp³-hybridized carbons (Fsp3) is 0. The predicted octanol–water partition coefficient (Wildman–Crippen LogP) is 23.4. The highest BCUT2D eigenvalue weighted by Crippen LogP contribution is 2.45. The van der Waals surface area contributed by atoms with Gasteiger partial charge in [0.2, 0.25) is 0 Å². The first-order chi connectivity index (χ1) is 55.9. The lowest BCUT2D eigenvalue weighted by Crippen LogP contribution is -2.00. The van der Waals surface area contributed by atoms with E-state index in [1.807, 2.05) is 334 Å². The van der Waals surface area contributed by atoms with Crippen LogP contribution in [0.5, 0.6) is 0 Å². The summed E-state index contributed by atoms with van der Waals surface area (Å²) in [5.74, 6) is 6.53. The smallest absolute Gasteiger partial charge is 0.167 e. The molecule has 0 N–H and O–H groups in total. The summed E-state index contributed by atoms with van der Waals surface area (Å²) < 4.78 is 19.7. The molecule has 16 heteroatoms. The van der Waals surface area contributed by atoms with Crippen molar-refractivity contribution in [2.45, 2.75) is 0 Å². The van der Waals surface area contributed by atoms with E-state index in [9.17, 15) is 5.26 Å². The van der Waals surface area contributed by atoms with Crippen LogP contribution in [0, 0.1) is 11.3 Å². The number of furan rings is 3. The van der Waals surface area contributed by atoms with Gasteiger partial charge < -0.3 is 13.3 Å². The predicted molar refractivity (Wildman–Crippen MR) is 444 cm³/mol. The first-order valence-corrected chi connectivity index (χ1v) is 36.7. The Labute approximate surface area is 645 Å². The first kappa shape index (κ1) is 66.4. The van der Waals surface area contributed by atoms with Gasteiger partial charge in [0.25, 0.3) is 0 Å². The van der Waals surface area contributed by atoms with E-state index < -0.39 is 0 Å². The Morgan fingerprint density at radius 2 is 0.434 bits per heavy atom. The average Bonchev–Trinajstić information content (AvgIpc) is 1.60. The molecular weight excluding hydrogens is 1400 g/mol. The molecule has 0 amide bonds. The lowest BCUT2D eigenvalue weighted by Gasteiger charge is -2.10. The van der Waals surface area contributed by atoms with Crippen LogP contribution in [0.4, 0.5) is 0 Å². The van der Waals surface area contributed by atoms with Gasteiger partial charge in [-0.15, -0.1) is 0 Å². The molecule has 0 radical (unpaired) electrons. The number of nitriles is 1. The van der Waals surface area contributed by atoms with Crippen molar-refractivity contribution in [3.8, 4) is 154 Å². The molecule has 0 saturated carbocycles. The van der Waals surface area contributed by atoms with Gasteiger partial charge in [-0.3, -0.25) is 0 Å². The van der Waals surface area contributed by atoms with Gasteiger partial charge >= 0.3 is 0 Å². The molecule has 528 valence electrons. The van der Waals surface area contributed by atoms with Crippen molar-refractivity contribution in [3.63, 3.8) is 0 Å². The molecule has 0 atom stereocenters. The largest absolute Gasteiger partial charge is 0.456 e. The van der Waals surface area contributed by atoms with E-state index in [-0.39, 0.29) is 0 Å².